The topological polar surface area (TPSA) is 91.1 Å². The lowest BCUT2D eigenvalue weighted by molar-refractivity contribution is -0.119. The second kappa shape index (κ2) is 4.06. The maximum absolute atomic E-state index is 11.4. The second-order valence-corrected chi connectivity index (χ2v) is 3.12. The van der Waals surface area contributed by atoms with Crippen molar-refractivity contribution in [3.63, 3.8) is 0 Å². The van der Waals surface area contributed by atoms with Gasteiger partial charge >= 0.3 is 0 Å². The van der Waals surface area contributed by atoms with Gasteiger partial charge in [-0.05, 0) is 13.0 Å². The van der Waals surface area contributed by atoms with Gasteiger partial charge in [0.15, 0.2) is 0 Å². The van der Waals surface area contributed by atoms with Crippen LogP contribution in [0.2, 0.25) is 0 Å². The smallest absolute Gasteiger partial charge is 0.250 e. The van der Waals surface area contributed by atoms with Crippen LogP contribution in [-0.4, -0.2) is 16.5 Å². The highest BCUT2D eigenvalue weighted by atomic mass is 16.1. The number of aromatic nitrogens is 1. The first-order valence-corrected chi connectivity index (χ1v) is 4.23. The van der Waals surface area contributed by atoms with E-state index in [4.69, 9.17) is 11.5 Å². The van der Waals surface area contributed by atoms with Gasteiger partial charge in [-0.1, -0.05) is 6.07 Å². The molecule has 14 heavy (non-hydrogen) atoms. The van der Waals surface area contributed by atoms with Crippen molar-refractivity contribution in [1.82, 2.24) is 4.57 Å². The summed E-state index contributed by atoms with van der Waals surface area (Å²) in [4.78, 5) is 22.1. The van der Waals surface area contributed by atoms with Crippen molar-refractivity contribution < 1.29 is 4.79 Å². The number of hydrogen-bond acceptors (Lipinski definition) is 3. The third-order valence-corrected chi connectivity index (χ3v) is 2.01. The maximum atomic E-state index is 11.4. The van der Waals surface area contributed by atoms with Gasteiger partial charge in [0.05, 0.1) is 0 Å². The van der Waals surface area contributed by atoms with Crippen molar-refractivity contribution in [3.8, 4) is 0 Å². The van der Waals surface area contributed by atoms with E-state index in [1.54, 1.807) is 19.1 Å². The van der Waals surface area contributed by atoms with Crippen molar-refractivity contribution in [1.29, 1.82) is 0 Å². The van der Waals surface area contributed by atoms with Crippen LogP contribution in [0.1, 0.15) is 5.69 Å². The molecule has 5 nitrogen and oxygen atoms in total. The fourth-order valence-electron chi connectivity index (χ4n) is 1.14. The Labute approximate surface area is 81.3 Å². The lowest BCUT2D eigenvalue weighted by Crippen LogP contribution is -2.42. The van der Waals surface area contributed by atoms with E-state index in [0.717, 1.165) is 5.69 Å². The largest absolute Gasteiger partial charge is 0.368 e. The highest BCUT2D eigenvalue weighted by Gasteiger charge is 2.11. The standard InChI is InChI=1S/C9H13N3O2/c1-6-3-2-4-8(13)12(6)5-7(10)9(11)14/h2-4,7H,5,10H2,1H3,(H2,11,14). The zero-order valence-corrected chi connectivity index (χ0v) is 7.93. The molecule has 0 radical (unpaired) electrons. The highest BCUT2D eigenvalue weighted by Crippen LogP contribution is 1.94. The van der Waals surface area contributed by atoms with Crippen LogP contribution < -0.4 is 17.0 Å². The third-order valence-electron chi connectivity index (χ3n) is 2.01. The maximum Gasteiger partial charge on any atom is 0.250 e. The Bertz CT molecular complexity index is 397. The van der Waals surface area contributed by atoms with Crippen LogP contribution in [-0.2, 0) is 11.3 Å². The summed E-state index contributed by atoms with van der Waals surface area (Å²) >= 11 is 0. The SMILES string of the molecule is Cc1cccc(=O)n1CC(N)C(N)=O. The summed E-state index contributed by atoms with van der Waals surface area (Å²) < 4.78 is 1.43. The number of carbonyl (C=O) groups excluding carboxylic acids is 1. The second-order valence-electron chi connectivity index (χ2n) is 3.12. The molecule has 1 rings (SSSR count). The molecule has 0 saturated heterocycles. The number of nitrogens with two attached hydrogens (primary N) is 2. The summed E-state index contributed by atoms with van der Waals surface area (Å²) in [5.41, 5.74) is 11.0. The molecular weight excluding hydrogens is 182 g/mol. The minimum atomic E-state index is -0.825. The summed E-state index contributed by atoms with van der Waals surface area (Å²) in [6.07, 6.45) is 0. The molecule has 1 atom stereocenters. The quantitative estimate of drug-likeness (QED) is 0.646. The van der Waals surface area contributed by atoms with Crippen LogP contribution in [0.4, 0.5) is 0 Å². The molecule has 76 valence electrons. The molecule has 1 unspecified atom stereocenters. The minimum Gasteiger partial charge on any atom is -0.368 e. The number of primary amides is 1. The first kappa shape index (κ1) is 10.5. The van der Waals surface area contributed by atoms with Crippen molar-refractivity contribution >= 4 is 5.91 Å². The van der Waals surface area contributed by atoms with E-state index in [-0.39, 0.29) is 12.1 Å². The first-order valence-electron chi connectivity index (χ1n) is 4.23. The Morgan fingerprint density at radius 1 is 1.57 bits per heavy atom. The number of pyridine rings is 1. The van der Waals surface area contributed by atoms with Crippen LogP contribution in [0.15, 0.2) is 23.0 Å². The van der Waals surface area contributed by atoms with Gasteiger partial charge in [-0.25, -0.2) is 0 Å². The number of carbonyl (C=O) groups is 1. The van der Waals surface area contributed by atoms with Crippen LogP contribution in [0.25, 0.3) is 0 Å². The van der Waals surface area contributed by atoms with Gasteiger partial charge in [-0.15, -0.1) is 0 Å². The van der Waals surface area contributed by atoms with Gasteiger partial charge in [0.2, 0.25) is 5.91 Å². The highest BCUT2D eigenvalue weighted by molar-refractivity contribution is 5.79. The number of rotatable bonds is 3. The van der Waals surface area contributed by atoms with Gasteiger partial charge in [0, 0.05) is 18.3 Å². The van der Waals surface area contributed by atoms with Crippen molar-refractivity contribution in [3.05, 3.63) is 34.2 Å². The average Bonchev–Trinajstić information content (AvgIpc) is 2.11. The minimum absolute atomic E-state index is 0.126. The molecular formula is C9H13N3O2. The van der Waals surface area contributed by atoms with E-state index in [1.165, 1.54) is 10.6 Å². The lowest BCUT2D eigenvalue weighted by atomic mass is 10.2. The molecule has 1 amide bonds. The summed E-state index contributed by atoms with van der Waals surface area (Å²) in [6.45, 7) is 1.90. The van der Waals surface area contributed by atoms with E-state index < -0.39 is 11.9 Å². The Morgan fingerprint density at radius 2 is 2.21 bits per heavy atom. The monoisotopic (exact) mass is 195 g/mol. The van der Waals surface area contributed by atoms with E-state index in [0.29, 0.717) is 0 Å². The Morgan fingerprint density at radius 3 is 2.71 bits per heavy atom. The molecule has 1 aromatic heterocycles. The summed E-state index contributed by atoms with van der Waals surface area (Å²) in [5.74, 6) is -0.611. The Kier molecular flexibility index (Phi) is 3.03. The van der Waals surface area contributed by atoms with Crippen LogP contribution in [0.3, 0.4) is 0 Å². The molecule has 0 saturated carbocycles. The van der Waals surface area contributed by atoms with E-state index >= 15 is 0 Å². The summed E-state index contributed by atoms with van der Waals surface area (Å²) in [5, 5.41) is 0. The van der Waals surface area contributed by atoms with Crippen molar-refractivity contribution in [2.45, 2.75) is 19.5 Å². The Hall–Kier alpha value is -1.62. The predicted molar refractivity (Wildman–Crippen MR) is 52.6 cm³/mol. The molecule has 0 aliphatic carbocycles. The van der Waals surface area contributed by atoms with Gasteiger partial charge in [-0.2, -0.15) is 0 Å². The number of hydrogen-bond donors (Lipinski definition) is 2. The molecule has 0 aliphatic heterocycles. The van der Waals surface area contributed by atoms with Crippen LogP contribution in [0, 0.1) is 6.92 Å². The first-order chi connectivity index (χ1) is 6.52. The van der Waals surface area contributed by atoms with E-state index in [1.807, 2.05) is 0 Å². The molecule has 0 bridgehead atoms. The zero-order valence-electron chi connectivity index (χ0n) is 7.93. The zero-order chi connectivity index (χ0) is 10.7. The molecule has 0 aromatic carbocycles. The van der Waals surface area contributed by atoms with Gasteiger partial charge in [0.25, 0.3) is 5.56 Å². The van der Waals surface area contributed by atoms with Crippen molar-refractivity contribution in [2.24, 2.45) is 11.5 Å². The molecule has 1 aromatic rings. The molecule has 0 aliphatic rings. The number of aryl methyl sites for hydroxylation is 1. The van der Waals surface area contributed by atoms with E-state index in [2.05, 4.69) is 0 Å². The predicted octanol–water partition coefficient (Wildman–Crippen LogP) is -1.03. The van der Waals surface area contributed by atoms with Crippen molar-refractivity contribution in [2.75, 3.05) is 0 Å². The third kappa shape index (κ3) is 2.20. The summed E-state index contributed by atoms with van der Waals surface area (Å²) in [7, 11) is 0. The molecule has 4 N–H and O–H groups in total. The van der Waals surface area contributed by atoms with Gasteiger partial charge in [-0.3, -0.25) is 9.59 Å². The molecule has 1 heterocycles. The molecule has 5 heteroatoms. The summed E-state index contributed by atoms with van der Waals surface area (Å²) in [6, 6.07) is 4.02. The van der Waals surface area contributed by atoms with E-state index in [9.17, 15) is 9.59 Å². The van der Waals surface area contributed by atoms with Gasteiger partial charge < -0.3 is 16.0 Å². The average molecular weight is 195 g/mol. The van der Waals surface area contributed by atoms with Gasteiger partial charge in [0.1, 0.15) is 6.04 Å². The normalized spacial score (nSPS) is 12.4. The lowest BCUT2D eigenvalue weighted by Gasteiger charge is -2.12. The number of amides is 1. The fourth-order valence-corrected chi connectivity index (χ4v) is 1.14. The number of nitrogens with zero attached hydrogens (tertiary/aromatic N) is 1. The Balaban J connectivity index is 2.97. The van der Waals surface area contributed by atoms with Crippen LogP contribution >= 0.6 is 0 Å². The molecule has 0 spiro atoms. The molecule has 0 fully saturated rings. The fraction of sp³-hybridized carbons (Fsp3) is 0.333. The van der Waals surface area contributed by atoms with Crippen LogP contribution in [0.5, 0.6) is 0 Å².